The molecule has 1 amide bonds. The molecule has 0 saturated carbocycles. The van der Waals surface area contributed by atoms with Crippen molar-refractivity contribution >= 4 is 22.5 Å². The Kier molecular flexibility index (Phi) is 2.41. The molecule has 2 aromatic heterocycles. The number of hydrogen-bond donors (Lipinski definition) is 1. The Bertz CT molecular complexity index is 805. The number of primary amides is 1. The number of aromatic nitrogens is 2. The summed E-state index contributed by atoms with van der Waals surface area (Å²) in [5.74, 6) is 0.247. The standard InChI is InChI=1S/C14H13N3O2/c1-8-7-17-12-9(4-3-5-11(12)19-2)6-10(13(15)18)14(17)16-8/h3-7H,1-2H3,(H2,15,18). The minimum atomic E-state index is -0.486. The fourth-order valence-electron chi connectivity index (χ4n) is 2.34. The van der Waals surface area contributed by atoms with Gasteiger partial charge in [0.2, 0.25) is 0 Å². The molecule has 19 heavy (non-hydrogen) atoms. The van der Waals surface area contributed by atoms with Crippen molar-refractivity contribution in [3.05, 3.63) is 41.7 Å². The third kappa shape index (κ3) is 1.62. The summed E-state index contributed by atoms with van der Waals surface area (Å²) in [5, 5.41) is 0.887. The summed E-state index contributed by atoms with van der Waals surface area (Å²) in [6, 6.07) is 7.42. The summed E-state index contributed by atoms with van der Waals surface area (Å²) in [4.78, 5) is 15.9. The van der Waals surface area contributed by atoms with Gasteiger partial charge in [0.15, 0.2) is 5.65 Å². The van der Waals surface area contributed by atoms with Crippen molar-refractivity contribution in [3.63, 3.8) is 0 Å². The number of rotatable bonds is 2. The molecule has 0 aliphatic carbocycles. The van der Waals surface area contributed by atoms with E-state index in [0.717, 1.165) is 22.3 Å². The molecule has 0 saturated heterocycles. The predicted octanol–water partition coefficient (Wildman–Crippen LogP) is 1.90. The number of carbonyl (C=O) groups excluding carboxylic acids is 1. The molecule has 0 spiro atoms. The van der Waals surface area contributed by atoms with Gasteiger partial charge in [-0.15, -0.1) is 0 Å². The monoisotopic (exact) mass is 255 g/mol. The van der Waals surface area contributed by atoms with E-state index in [0.29, 0.717) is 11.2 Å². The highest BCUT2D eigenvalue weighted by Crippen LogP contribution is 2.28. The van der Waals surface area contributed by atoms with Gasteiger partial charge in [-0.05, 0) is 19.1 Å². The first-order chi connectivity index (χ1) is 9.11. The lowest BCUT2D eigenvalue weighted by atomic mass is 10.1. The number of methoxy groups -OCH3 is 1. The van der Waals surface area contributed by atoms with Crippen LogP contribution in [0.2, 0.25) is 0 Å². The van der Waals surface area contributed by atoms with E-state index in [4.69, 9.17) is 10.5 Å². The van der Waals surface area contributed by atoms with Crippen LogP contribution in [-0.4, -0.2) is 22.4 Å². The number of para-hydroxylation sites is 1. The third-order valence-electron chi connectivity index (χ3n) is 3.12. The maximum absolute atomic E-state index is 11.6. The van der Waals surface area contributed by atoms with Crippen LogP contribution in [-0.2, 0) is 0 Å². The molecule has 3 aromatic rings. The van der Waals surface area contributed by atoms with E-state index in [1.54, 1.807) is 13.2 Å². The van der Waals surface area contributed by atoms with Crippen LogP contribution >= 0.6 is 0 Å². The van der Waals surface area contributed by atoms with Crippen molar-refractivity contribution < 1.29 is 9.53 Å². The number of nitrogens with zero attached hydrogens (tertiary/aromatic N) is 2. The molecule has 2 N–H and O–H groups in total. The molecule has 0 radical (unpaired) electrons. The summed E-state index contributed by atoms with van der Waals surface area (Å²) in [5.41, 5.74) is 8.10. The summed E-state index contributed by atoms with van der Waals surface area (Å²) in [6.45, 7) is 1.87. The van der Waals surface area contributed by atoms with Crippen molar-refractivity contribution in [1.29, 1.82) is 0 Å². The van der Waals surface area contributed by atoms with Gasteiger partial charge in [0.25, 0.3) is 5.91 Å². The minimum Gasteiger partial charge on any atom is -0.495 e. The zero-order valence-corrected chi connectivity index (χ0v) is 10.7. The Labute approximate surface area is 109 Å². The molecule has 1 aromatic carbocycles. The number of ether oxygens (including phenoxy) is 1. The van der Waals surface area contributed by atoms with Gasteiger partial charge in [-0.1, -0.05) is 12.1 Å². The first-order valence-electron chi connectivity index (χ1n) is 5.87. The Morgan fingerprint density at radius 3 is 2.89 bits per heavy atom. The second-order valence-electron chi connectivity index (χ2n) is 4.40. The molecular weight excluding hydrogens is 242 g/mol. The van der Waals surface area contributed by atoms with Gasteiger partial charge in [0, 0.05) is 11.6 Å². The topological polar surface area (TPSA) is 69.6 Å². The van der Waals surface area contributed by atoms with E-state index in [9.17, 15) is 4.79 Å². The van der Waals surface area contributed by atoms with E-state index >= 15 is 0 Å². The number of amides is 1. The maximum Gasteiger partial charge on any atom is 0.252 e. The molecular formula is C14H13N3O2. The number of pyridine rings is 1. The molecule has 5 nitrogen and oxygen atoms in total. The largest absolute Gasteiger partial charge is 0.495 e. The fourth-order valence-corrected chi connectivity index (χ4v) is 2.34. The number of imidazole rings is 1. The highest BCUT2D eigenvalue weighted by Gasteiger charge is 2.15. The lowest BCUT2D eigenvalue weighted by molar-refractivity contribution is 0.100. The second kappa shape index (κ2) is 3.98. The van der Waals surface area contributed by atoms with Crippen LogP contribution in [0.15, 0.2) is 30.5 Å². The summed E-state index contributed by atoms with van der Waals surface area (Å²) < 4.78 is 7.23. The Morgan fingerprint density at radius 1 is 1.42 bits per heavy atom. The SMILES string of the molecule is COc1cccc2cc(C(N)=O)c3nc(C)cn3c12. The van der Waals surface area contributed by atoms with Crippen LogP contribution in [0, 0.1) is 6.92 Å². The average Bonchev–Trinajstić information content (AvgIpc) is 2.77. The van der Waals surface area contributed by atoms with Crippen molar-refractivity contribution in [2.45, 2.75) is 6.92 Å². The lowest BCUT2D eigenvalue weighted by Gasteiger charge is -2.09. The Morgan fingerprint density at radius 2 is 2.21 bits per heavy atom. The van der Waals surface area contributed by atoms with Gasteiger partial charge in [-0.25, -0.2) is 4.98 Å². The summed E-state index contributed by atoms with van der Waals surface area (Å²) >= 11 is 0. The predicted molar refractivity (Wildman–Crippen MR) is 72.5 cm³/mol. The van der Waals surface area contributed by atoms with Crippen LogP contribution in [0.1, 0.15) is 16.1 Å². The molecule has 0 fully saturated rings. The average molecular weight is 255 g/mol. The first-order valence-corrected chi connectivity index (χ1v) is 5.87. The summed E-state index contributed by atoms with van der Waals surface area (Å²) in [6.07, 6.45) is 1.87. The van der Waals surface area contributed by atoms with Crippen LogP contribution in [0.5, 0.6) is 5.75 Å². The number of nitrogens with two attached hydrogens (primary N) is 1. The molecule has 0 bridgehead atoms. The van der Waals surface area contributed by atoms with E-state index in [1.165, 1.54) is 0 Å². The van der Waals surface area contributed by atoms with Crippen molar-refractivity contribution in [2.24, 2.45) is 5.73 Å². The van der Waals surface area contributed by atoms with Crippen molar-refractivity contribution in [2.75, 3.05) is 7.11 Å². The van der Waals surface area contributed by atoms with Crippen LogP contribution in [0.25, 0.3) is 16.6 Å². The van der Waals surface area contributed by atoms with Crippen LogP contribution in [0.3, 0.4) is 0 Å². The quantitative estimate of drug-likeness (QED) is 0.760. The molecule has 3 rings (SSSR count). The van der Waals surface area contributed by atoms with Gasteiger partial charge in [0.1, 0.15) is 5.75 Å². The van der Waals surface area contributed by atoms with E-state index in [1.807, 2.05) is 35.7 Å². The Balaban J connectivity index is 2.58. The van der Waals surface area contributed by atoms with E-state index < -0.39 is 5.91 Å². The molecule has 0 atom stereocenters. The highest BCUT2D eigenvalue weighted by atomic mass is 16.5. The van der Waals surface area contributed by atoms with Gasteiger partial charge in [-0.2, -0.15) is 0 Å². The van der Waals surface area contributed by atoms with Crippen LogP contribution in [0.4, 0.5) is 0 Å². The van der Waals surface area contributed by atoms with E-state index in [2.05, 4.69) is 4.98 Å². The fraction of sp³-hybridized carbons (Fsp3) is 0.143. The van der Waals surface area contributed by atoms with Crippen molar-refractivity contribution in [3.8, 4) is 5.75 Å². The third-order valence-corrected chi connectivity index (χ3v) is 3.12. The van der Waals surface area contributed by atoms with Gasteiger partial charge < -0.3 is 10.5 Å². The lowest BCUT2D eigenvalue weighted by Crippen LogP contribution is -2.13. The first kappa shape index (κ1) is 11.5. The van der Waals surface area contributed by atoms with E-state index in [-0.39, 0.29) is 0 Å². The second-order valence-corrected chi connectivity index (χ2v) is 4.40. The van der Waals surface area contributed by atoms with Crippen LogP contribution < -0.4 is 10.5 Å². The minimum absolute atomic E-state index is 0.411. The molecule has 0 aliphatic rings. The maximum atomic E-state index is 11.6. The zero-order chi connectivity index (χ0) is 13.6. The van der Waals surface area contributed by atoms with Gasteiger partial charge >= 0.3 is 0 Å². The normalized spacial score (nSPS) is 11.1. The smallest absolute Gasteiger partial charge is 0.252 e. The molecule has 0 unspecified atom stereocenters. The Hall–Kier alpha value is -2.56. The van der Waals surface area contributed by atoms with Gasteiger partial charge in [-0.3, -0.25) is 9.20 Å². The van der Waals surface area contributed by atoms with Gasteiger partial charge in [0.05, 0.1) is 23.9 Å². The number of benzene rings is 1. The number of aryl methyl sites for hydroxylation is 1. The van der Waals surface area contributed by atoms with Crippen molar-refractivity contribution in [1.82, 2.24) is 9.38 Å². The molecule has 5 heteroatoms. The zero-order valence-electron chi connectivity index (χ0n) is 10.7. The summed E-state index contributed by atoms with van der Waals surface area (Å²) in [7, 11) is 1.62. The number of hydrogen-bond acceptors (Lipinski definition) is 3. The molecule has 2 heterocycles. The number of fused-ring (bicyclic) bond motifs is 3. The molecule has 0 aliphatic heterocycles. The number of carbonyl (C=O) groups is 1. The molecule has 96 valence electrons. The highest BCUT2D eigenvalue weighted by molar-refractivity contribution is 6.03.